The predicted octanol–water partition coefficient (Wildman–Crippen LogP) is 2.61. The number of aryl methyl sites for hydroxylation is 1. The largest absolute Gasteiger partial charge is 0.433 e. The Morgan fingerprint density at radius 2 is 1.80 bits per heavy atom. The van der Waals surface area contributed by atoms with Crippen LogP contribution < -0.4 is 4.31 Å². The van der Waals surface area contributed by atoms with Crippen molar-refractivity contribution in [3.63, 3.8) is 0 Å². The highest BCUT2D eigenvalue weighted by molar-refractivity contribution is 7.92. The second-order valence-corrected chi connectivity index (χ2v) is 7.42. The van der Waals surface area contributed by atoms with E-state index < -0.39 is 28.4 Å². The Morgan fingerprint density at radius 3 is 2.24 bits per heavy atom. The lowest BCUT2D eigenvalue weighted by Gasteiger charge is -2.23. The molecule has 0 atom stereocenters. The lowest BCUT2D eigenvalue weighted by atomic mass is 10.1. The van der Waals surface area contributed by atoms with E-state index in [0.717, 1.165) is 23.8 Å². The predicted molar refractivity (Wildman–Crippen MR) is 85.7 cm³/mol. The van der Waals surface area contributed by atoms with Crippen molar-refractivity contribution in [3.05, 3.63) is 47.3 Å². The standard InChI is InChI=1S/C15H16F3N3O3S/c1-10(22)11-4-6-13(7-5-11)21(25(3,23)24)9-12-8-19-20(2)14(12)15(16,17)18/h4-8H,9H2,1-3H3. The Balaban J connectivity index is 2.46. The van der Waals surface area contributed by atoms with Gasteiger partial charge >= 0.3 is 6.18 Å². The number of Topliss-reactive ketones (excluding diaryl/α,β-unsaturated/α-hetero) is 1. The summed E-state index contributed by atoms with van der Waals surface area (Å²) in [5.74, 6) is -0.205. The summed E-state index contributed by atoms with van der Waals surface area (Å²) in [7, 11) is -2.72. The minimum Gasteiger partial charge on any atom is -0.295 e. The van der Waals surface area contributed by atoms with Crippen LogP contribution in [0.1, 0.15) is 28.5 Å². The van der Waals surface area contributed by atoms with Gasteiger partial charge in [0, 0.05) is 18.2 Å². The Kier molecular flexibility index (Phi) is 4.94. The van der Waals surface area contributed by atoms with Gasteiger partial charge in [-0.15, -0.1) is 0 Å². The van der Waals surface area contributed by atoms with Gasteiger partial charge in [-0.1, -0.05) is 0 Å². The van der Waals surface area contributed by atoms with E-state index in [9.17, 15) is 26.4 Å². The summed E-state index contributed by atoms with van der Waals surface area (Å²) in [6.45, 7) is 0.829. The number of sulfonamides is 1. The van der Waals surface area contributed by atoms with Gasteiger partial charge < -0.3 is 0 Å². The number of carbonyl (C=O) groups is 1. The molecule has 136 valence electrons. The maximum Gasteiger partial charge on any atom is 0.433 e. The fourth-order valence-electron chi connectivity index (χ4n) is 2.38. The Morgan fingerprint density at radius 1 is 1.24 bits per heavy atom. The first-order chi connectivity index (χ1) is 11.4. The number of hydrogen-bond acceptors (Lipinski definition) is 4. The minimum absolute atomic E-state index is 0.157. The lowest BCUT2D eigenvalue weighted by Crippen LogP contribution is -2.30. The third-order valence-electron chi connectivity index (χ3n) is 3.56. The third-order valence-corrected chi connectivity index (χ3v) is 4.70. The summed E-state index contributed by atoms with van der Waals surface area (Å²) in [5, 5.41) is 3.58. The third kappa shape index (κ3) is 4.19. The van der Waals surface area contributed by atoms with Crippen molar-refractivity contribution in [1.29, 1.82) is 0 Å². The molecule has 2 rings (SSSR count). The number of benzene rings is 1. The fourth-order valence-corrected chi connectivity index (χ4v) is 3.26. The van der Waals surface area contributed by atoms with E-state index >= 15 is 0 Å². The molecule has 0 fully saturated rings. The van der Waals surface area contributed by atoms with Crippen LogP contribution in [0.3, 0.4) is 0 Å². The fraction of sp³-hybridized carbons (Fsp3) is 0.333. The highest BCUT2D eigenvalue weighted by Crippen LogP contribution is 2.33. The molecule has 0 bridgehead atoms. The molecule has 10 heteroatoms. The SMILES string of the molecule is CC(=O)c1ccc(N(Cc2cnn(C)c2C(F)(F)F)S(C)(=O)=O)cc1. The number of nitrogens with zero attached hydrogens (tertiary/aromatic N) is 3. The molecular weight excluding hydrogens is 359 g/mol. The monoisotopic (exact) mass is 375 g/mol. The van der Waals surface area contributed by atoms with Gasteiger partial charge in [0.25, 0.3) is 0 Å². The molecule has 0 saturated heterocycles. The smallest absolute Gasteiger partial charge is 0.295 e. The van der Waals surface area contributed by atoms with Crippen molar-refractivity contribution >= 4 is 21.5 Å². The molecule has 0 spiro atoms. The van der Waals surface area contributed by atoms with E-state index in [4.69, 9.17) is 0 Å². The molecule has 0 amide bonds. The molecular formula is C15H16F3N3O3S. The zero-order valence-corrected chi connectivity index (χ0v) is 14.5. The van der Waals surface area contributed by atoms with Crippen LogP contribution in [0.5, 0.6) is 0 Å². The average molecular weight is 375 g/mol. The molecule has 1 aromatic carbocycles. The molecule has 0 saturated carbocycles. The highest BCUT2D eigenvalue weighted by Gasteiger charge is 2.38. The molecule has 2 aromatic rings. The highest BCUT2D eigenvalue weighted by atomic mass is 32.2. The van der Waals surface area contributed by atoms with Gasteiger partial charge in [0.05, 0.1) is 24.7 Å². The van der Waals surface area contributed by atoms with Crippen LogP contribution in [0, 0.1) is 0 Å². The molecule has 0 aliphatic rings. The summed E-state index contributed by atoms with van der Waals surface area (Å²) in [6, 6.07) is 5.59. The minimum atomic E-state index is -4.66. The van der Waals surface area contributed by atoms with E-state index in [0.29, 0.717) is 10.2 Å². The first-order valence-electron chi connectivity index (χ1n) is 7.08. The number of aromatic nitrogens is 2. The van der Waals surface area contributed by atoms with Crippen LogP contribution in [0.2, 0.25) is 0 Å². The Hall–Kier alpha value is -2.36. The van der Waals surface area contributed by atoms with Gasteiger partial charge in [0.1, 0.15) is 5.69 Å². The topological polar surface area (TPSA) is 72.3 Å². The van der Waals surface area contributed by atoms with Crippen LogP contribution in [-0.4, -0.2) is 30.2 Å². The molecule has 0 radical (unpaired) electrons. The van der Waals surface area contributed by atoms with Crippen LogP contribution in [0.15, 0.2) is 30.5 Å². The quantitative estimate of drug-likeness (QED) is 0.753. The number of alkyl halides is 3. The van der Waals surface area contributed by atoms with E-state index in [1.807, 2.05) is 0 Å². The van der Waals surface area contributed by atoms with Gasteiger partial charge in [-0.3, -0.25) is 13.8 Å². The first-order valence-corrected chi connectivity index (χ1v) is 8.93. The van der Waals surface area contributed by atoms with Gasteiger partial charge in [0.15, 0.2) is 5.78 Å². The Labute approximate surface area is 142 Å². The van der Waals surface area contributed by atoms with E-state index in [-0.39, 0.29) is 17.0 Å². The first kappa shape index (κ1) is 19.0. The second kappa shape index (κ2) is 6.51. The van der Waals surface area contributed by atoms with Crippen LogP contribution in [-0.2, 0) is 29.8 Å². The molecule has 0 N–H and O–H groups in total. The number of hydrogen-bond donors (Lipinski definition) is 0. The molecule has 25 heavy (non-hydrogen) atoms. The van der Waals surface area contributed by atoms with Gasteiger partial charge in [-0.25, -0.2) is 8.42 Å². The van der Waals surface area contributed by atoms with Crippen LogP contribution in [0.25, 0.3) is 0 Å². The zero-order valence-electron chi connectivity index (χ0n) is 13.7. The number of anilines is 1. The summed E-state index contributed by atoms with van der Waals surface area (Å²) in [4.78, 5) is 11.3. The molecule has 6 nitrogen and oxygen atoms in total. The van der Waals surface area contributed by atoms with E-state index in [1.165, 1.54) is 31.2 Å². The number of halogens is 3. The van der Waals surface area contributed by atoms with Crippen LogP contribution >= 0.6 is 0 Å². The molecule has 0 aliphatic heterocycles. The summed E-state index contributed by atoms with van der Waals surface area (Å²) in [6.07, 6.45) is -2.78. The lowest BCUT2D eigenvalue weighted by molar-refractivity contribution is -0.144. The molecule has 1 heterocycles. The van der Waals surface area contributed by atoms with Crippen LogP contribution in [0.4, 0.5) is 18.9 Å². The van der Waals surface area contributed by atoms with Gasteiger partial charge in [-0.05, 0) is 31.2 Å². The van der Waals surface area contributed by atoms with Gasteiger partial charge in [0.2, 0.25) is 10.0 Å². The van der Waals surface area contributed by atoms with Crippen molar-refractivity contribution in [1.82, 2.24) is 9.78 Å². The summed E-state index contributed by atoms with van der Waals surface area (Å²) in [5.41, 5.74) is -0.753. The van der Waals surface area contributed by atoms with Crippen molar-refractivity contribution in [2.24, 2.45) is 7.05 Å². The Bertz CT molecular complexity index is 887. The van der Waals surface area contributed by atoms with E-state index in [1.54, 1.807) is 0 Å². The number of carbonyl (C=O) groups excluding carboxylic acids is 1. The van der Waals surface area contributed by atoms with Crippen molar-refractivity contribution in [2.75, 3.05) is 10.6 Å². The zero-order chi connectivity index (χ0) is 19.0. The average Bonchev–Trinajstić information content (AvgIpc) is 2.84. The van der Waals surface area contributed by atoms with Crippen molar-refractivity contribution in [2.45, 2.75) is 19.6 Å². The number of rotatable bonds is 5. The molecule has 1 aromatic heterocycles. The molecule has 0 aliphatic carbocycles. The normalized spacial score (nSPS) is 12.2. The maximum atomic E-state index is 13.2. The molecule has 0 unspecified atom stereocenters. The summed E-state index contributed by atoms with van der Waals surface area (Å²) < 4.78 is 65.1. The maximum absolute atomic E-state index is 13.2. The van der Waals surface area contributed by atoms with E-state index in [2.05, 4.69) is 5.10 Å². The number of ketones is 1. The summed E-state index contributed by atoms with van der Waals surface area (Å²) >= 11 is 0. The van der Waals surface area contributed by atoms with Crippen molar-refractivity contribution in [3.8, 4) is 0 Å². The second-order valence-electron chi connectivity index (χ2n) is 5.51. The van der Waals surface area contributed by atoms with Crippen molar-refractivity contribution < 1.29 is 26.4 Å². The van der Waals surface area contributed by atoms with Gasteiger partial charge in [-0.2, -0.15) is 18.3 Å².